The molecule has 0 spiro atoms. The highest BCUT2D eigenvalue weighted by molar-refractivity contribution is 6.01. The van der Waals surface area contributed by atoms with Crippen molar-refractivity contribution in [2.45, 2.75) is 56.9 Å². The van der Waals surface area contributed by atoms with Gasteiger partial charge in [0.2, 0.25) is 5.91 Å². The summed E-state index contributed by atoms with van der Waals surface area (Å²) in [6, 6.07) is 10.8. The van der Waals surface area contributed by atoms with Gasteiger partial charge in [-0.15, -0.1) is 0 Å². The van der Waals surface area contributed by atoms with Crippen molar-refractivity contribution in [3.63, 3.8) is 0 Å². The summed E-state index contributed by atoms with van der Waals surface area (Å²) >= 11 is 0. The number of carbonyl (C=O) groups excluding carboxylic acids is 2. The number of nitrogens with one attached hydrogen (secondary N) is 3. The largest absolute Gasteiger partial charge is 0.354 e. The summed E-state index contributed by atoms with van der Waals surface area (Å²) in [4.78, 5) is 30.8. The standard InChI is InChI=1S/C27H32N6O2/c1-33-17-23(16-29-33)31-27(35)25(13-18-5-2-3-6-18)32-26(34)20-7-4-8-21(14-20)30-22-11-12-24(28-15-22)19-9-10-19/h4,7-8,11-12,14-19,25,30H,2-3,5-6,9-10,13H2,1H3,(H,31,35)(H,32,34)/t25-/m0/s1. The molecule has 0 bridgehead atoms. The summed E-state index contributed by atoms with van der Waals surface area (Å²) in [6.45, 7) is 0. The Balaban J connectivity index is 1.26. The molecule has 1 aromatic carbocycles. The Kier molecular flexibility index (Phi) is 6.79. The van der Waals surface area contributed by atoms with Gasteiger partial charge in [-0.2, -0.15) is 5.10 Å². The molecule has 1 atom stereocenters. The van der Waals surface area contributed by atoms with Crippen LogP contribution in [0.25, 0.3) is 0 Å². The summed E-state index contributed by atoms with van der Waals surface area (Å²) in [6.07, 6.45) is 12.8. The van der Waals surface area contributed by atoms with Crippen molar-refractivity contribution in [3.05, 3.63) is 66.2 Å². The Bertz CT molecular complexity index is 1180. The smallest absolute Gasteiger partial charge is 0.252 e. The van der Waals surface area contributed by atoms with E-state index in [-0.39, 0.29) is 11.8 Å². The Morgan fingerprint density at radius 3 is 2.54 bits per heavy atom. The van der Waals surface area contributed by atoms with E-state index in [1.54, 1.807) is 36.3 Å². The number of aromatic nitrogens is 3. The van der Waals surface area contributed by atoms with Crippen molar-refractivity contribution < 1.29 is 9.59 Å². The molecule has 8 heteroatoms. The van der Waals surface area contributed by atoms with Crippen LogP contribution < -0.4 is 16.0 Å². The van der Waals surface area contributed by atoms with Crippen LogP contribution in [0.15, 0.2) is 55.0 Å². The SMILES string of the molecule is Cn1cc(NC(=O)[C@H](CC2CCCC2)NC(=O)c2cccc(Nc3ccc(C4CC4)nc3)c2)cn1. The van der Waals surface area contributed by atoms with Crippen LogP contribution in [0.4, 0.5) is 17.1 Å². The first-order valence-corrected chi connectivity index (χ1v) is 12.5. The molecule has 2 aliphatic carbocycles. The van der Waals surface area contributed by atoms with Crippen LogP contribution >= 0.6 is 0 Å². The highest BCUT2D eigenvalue weighted by Gasteiger charge is 2.27. The Hall–Kier alpha value is -3.68. The lowest BCUT2D eigenvalue weighted by Crippen LogP contribution is -2.44. The molecule has 3 aromatic rings. The predicted octanol–water partition coefficient (Wildman–Crippen LogP) is 4.75. The minimum absolute atomic E-state index is 0.214. The zero-order valence-corrected chi connectivity index (χ0v) is 20.0. The normalized spacial score (nSPS) is 16.6. The second-order valence-corrected chi connectivity index (χ2v) is 9.76. The van der Waals surface area contributed by atoms with Crippen LogP contribution in [0.2, 0.25) is 0 Å². The quantitative estimate of drug-likeness (QED) is 0.417. The van der Waals surface area contributed by atoms with Crippen LogP contribution in [0.5, 0.6) is 0 Å². The fourth-order valence-electron chi connectivity index (χ4n) is 4.77. The molecular formula is C27H32N6O2. The molecule has 2 saturated carbocycles. The highest BCUT2D eigenvalue weighted by atomic mass is 16.2. The van der Waals surface area contributed by atoms with Crippen LogP contribution in [-0.4, -0.2) is 32.6 Å². The topological polar surface area (TPSA) is 101 Å². The number of anilines is 3. The molecule has 3 N–H and O–H groups in total. The number of nitrogens with zero attached hydrogens (tertiary/aromatic N) is 3. The fraction of sp³-hybridized carbons (Fsp3) is 0.407. The third-order valence-electron chi connectivity index (χ3n) is 6.83. The highest BCUT2D eigenvalue weighted by Crippen LogP contribution is 2.39. The summed E-state index contributed by atoms with van der Waals surface area (Å²) in [5.74, 6) is 0.581. The van der Waals surface area contributed by atoms with Crippen LogP contribution in [0.1, 0.15) is 66.9 Å². The van der Waals surface area contributed by atoms with E-state index in [0.29, 0.717) is 29.5 Å². The molecule has 2 aromatic heterocycles. The third kappa shape index (κ3) is 6.07. The van der Waals surface area contributed by atoms with Gasteiger partial charge in [0.25, 0.3) is 5.91 Å². The summed E-state index contributed by atoms with van der Waals surface area (Å²) in [5, 5.41) is 13.3. The number of aryl methyl sites for hydroxylation is 1. The lowest BCUT2D eigenvalue weighted by Gasteiger charge is -2.21. The Morgan fingerprint density at radius 1 is 1.03 bits per heavy atom. The maximum atomic E-state index is 13.2. The van der Waals surface area contributed by atoms with Gasteiger partial charge in [0.1, 0.15) is 6.04 Å². The number of carbonyl (C=O) groups is 2. The molecule has 2 heterocycles. The van der Waals surface area contributed by atoms with Gasteiger partial charge in [-0.1, -0.05) is 31.7 Å². The van der Waals surface area contributed by atoms with E-state index in [2.05, 4.69) is 32.1 Å². The van der Waals surface area contributed by atoms with Crippen molar-refractivity contribution in [3.8, 4) is 0 Å². The zero-order valence-electron chi connectivity index (χ0n) is 20.0. The minimum atomic E-state index is -0.610. The molecule has 0 aliphatic heterocycles. The molecule has 0 radical (unpaired) electrons. The fourth-order valence-corrected chi connectivity index (χ4v) is 4.77. The summed E-state index contributed by atoms with van der Waals surface area (Å²) in [7, 11) is 1.80. The molecule has 2 fully saturated rings. The lowest BCUT2D eigenvalue weighted by molar-refractivity contribution is -0.118. The maximum Gasteiger partial charge on any atom is 0.252 e. The molecule has 2 amide bonds. The molecule has 0 saturated heterocycles. The van der Waals surface area contributed by atoms with Gasteiger partial charge in [0, 0.05) is 36.1 Å². The van der Waals surface area contributed by atoms with E-state index in [1.807, 2.05) is 24.4 Å². The Morgan fingerprint density at radius 2 is 1.86 bits per heavy atom. The second kappa shape index (κ2) is 10.3. The van der Waals surface area contributed by atoms with E-state index < -0.39 is 6.04 Å². The van der Waals surface area contributed by atoms with Crippen molar-refractivity contribution in [1.29, 1.82) is 0 Å². The third-order valence-corrected chi connectivity index (χ3v) is 6.83. The first-order chi connectivity index (χ1) is 17.0. The van der Waals surface area contributed by atoms with Crippen LogP contribution in [0, 0.1) is 5.92 Å². The van der Waals surface area contributed by atoms with Crippen LogP contribution in [-0.2, 0) is 11.8 Å². The summed E-state index contributed by atoms with van der Waals surface area (Å²) in [5.41, 5.74) is 3.94. The van der Waals surface area contributed by atoms with Crippen molar-refractivity contribution in [2.75, 3.05) is 10.6 Å². The van der Waals surface area contributed by atoms with Gasteiger partial charge >= 0.3 is 0 Å². The molecule has 2 aliphatic rings. The zero-order chi connectivity index (χ0) is 24.2. The molecule has 8 nitrogen and oxygen atoms in total. The second-order valence-electron chi connectivity index (χ2n) is 9.76. The monoisotopic (exact) mass is 472 g/mol. The number of pyridine rings is 1. The number of benzene rings is 1. The van der Waals surface area contributed by atoms with Gasteiger partial charge in [0.15, 0.2) is 0 Å². The van der Waals surface area contributed by atoms with E-state index in [4.69, 9.17) is 0 Å². The lowest BCUT2D eigenvalue weighted by atomic mass is 9.97. The first kappa shape index (κ1) is 23.1. The average Bonchev–Trinajstić information content (AvgIpc) is 3.43. The van der Waals surface area contributed by atoms with E-state index in [9.17, 15) is 9.59 Å². The van der Waals surface area contributed by atoms with Crippen molar-refractivity contribution in [2.24, 2.45) is 13.0 Å². The molecule has 0 unspecified atom stereocenters. The van der Waals surface area contributed by atoms with Gasteiger partial charge in [0.05, 0.1) is 23.8 Å². The molecule has 5 rings (SSSR count). The molecular weight excluding hydrogens is 440 g/mol. The number of amides is 2. The number of hydrogen-bond acceptors (Lipinski definition) is 5. The van der Waals surface area contributed by atoms with Crippen molar-refractivity contribution in [1.82, 2.24) is 20.1 Å². The summed E-state index contributed by atoms with van der Waals surface area (Å²) < 4.78 is 1.63. The van der Waals surface area contributed by atoms with E-state index >= 15 is 0 Å². The van der Waals surface area contributed by atoms with Crippen LogP contribution in [0.3, 0.4) is 0 Å². The minimum Gasteiger partial charge on any atom is -0.354 e. The average molecular weight is 473 g/mol. The van der Waals surface area contributed by atoms with Crippen molar-refractivity contribution >= 4 is 28.9 Å². The molecule has 182 valence electrons. The Labute approximate surface area is 205 Å². The first-order valence-electron chi connectivity index (χ1n) is 12.5. The van der Waals surface area contributed by atoms with Gasteiger partial charge in [-0.3, -0.25) is 19.3 Å². The predicted molar refractivity (Wildman–Crippen MR) is 136 cm³/mol. The number of rotatable bonds is 9. The van der Waals surface area contributed by atoms with Gasteiger partial charge in [-0.05, 0) is 55.5 Å². The maximum absolute atomic E-state index is 13.2. The van der Waals surface area contributed by atoms with E-state index in [1.165, 1.54) is 25.7 Å². The van der Waals surface area contributed by atoms with Gasteiger partial charge < -0.3 is 16.0 Å². The van der Waals surface area contributed by atoms with E-state index in [0.717, 1.165) is 29.9 Å². The van der Waals surface area contributed by atoms with Gasteiger partial charge in [-0.25, -0.2) is 0 Å². The molecule has 35 heavy (non-hydrogen) atoms. The number of hydrogen-bond donors (Lipinski definition) is 3.